The van der Waals surface area contributed by atoms with E-state index in [1.54, 1.807) is 7.11 Å². The number of methoxy groups -OCH3 is 1. The number of fused-ring (bicyclic) bond motifs is 1. The van der Waals surface area contributed by atoms with Crippen molar-refractivity contribution in [3.8, 4) is 0 Å². The van der Waals surface area contributed by atoms with Crippen molar-refractivity contribution >= 4 is 17.2 Å². The summed E-state index contributed by atoms with van der Waals surface area (Å²) in [5.41, 5.74) is 7.22. The van der Waals surface area contributed by atoms with Crippen LogP contribution >= 0.6 is 11.3 Å². The molecule has 0 fully saturated rings. The first-order chi connectivity index (χ1) is 8.70. The molecule has 0 spiro atoms. The molecule has 1 atom stereocenters. The topological polar surface area (TPSA) is 64.3 Å². The summed E-state index contributed by atoms with van der Waals surface area (Å²) in [5, 5.41) is 2.89. The van der Waals surface area contributed by atoms with Crippen LogP contribution in [0.25, 0.3) is 0 Å². The number of ether oxygens (including phenoxy) is 1. The average Bonchev–Trinajstić information content (AvgIpc) is 2.93. The summed E-state index contributed by atoms with van der Waals surface area (Å²) in [6.07, 6.45) is 4.22. The Morgan fingerprint density at radius 2 is 2.44 bits per heavy atom. The summed E-state index contributed by atoms with van der Waals surface area (Å²) in [6, 6.07) is 1.74. The van der Waals surface area contributed by atoms with E-state index in [9.17, 15) is 4.79 Å². The van der Waals surface area contributed by atoms with E-state index < -0.39 is 6.04 Å². The van der Waals surface area contributed by atoms with E-state index in [1.807, 2.05) is 11.3 Å². The van der Waals surface area contributed by atoms with Crippen LogP contribution in [0.3, 0.4) is 0 Å². The molecule has 0 aromatic carbocycles. The maximum atomic E-state index is 11.7. The number of aryl methyl sites for hydroxylation is 2. The first-order valence-corrected chi connectivity index (χ1v) is 7.15. The molecule has 1 heterocycles. The maximum Gasteiger partial charge on any atom is 0.237 e. The normalized spacial score (nSPS) is 15.4. The second kappa shape index (κ2) is 6.31. The molecule has 1 aliphatic rings. The SMILES string of the molecule is COCCC(N)C(=O)NCc1cc2c(s1)CCC2. The summed E-state index contributed by atoms with van der Waals surface area (Å²) in [4.78, 5) is 14.4. The standard InChI is InChI=1S/C13H20N2O2S/c1-17-6-5-11(14)13(16)15-8-10-7-9-3-2-4-12(9)18-10/h7,11H,2-6,8,14H2,1H3,(H,15,16). The van der Waals surface area contributed by atoms with Crippen molar-refractivity contribution < 1.29 is 9.53 Å². The fourth-order valence-electron chi connectivity index (χ4n) is 2.16. The second-order valence-corrected chi connectivity index (χ2v) is 5.84. The van der Waals surface area contributed by atoms with Crippen LogP contribution in [0, 0.1) is 0 Å². The Balaban J connectivity index is 1.78. The molecular formula is C13H20N2O2S. The molecule has 1 amide bonds. The van der Waals surface area contributed by atoms with Crippen LogP contribution in [-0.2, 0) is 28.9 Å². The third-order valence-electron chi connectivity index (χ3n) is 3.20. The minimum atomic E-state index is -0.475. The van der Waals surface area contributed by atoms with E-state index in [1.165, 1.54) is 34.6 Å². The number of hydrogen-bond acceptors (Lipinski definition) is 4. The molecule has 1 unspecified atom stereocenters. The number of carbonyl (C=O) groups excluding carboxylic acids is 1. The van der Waals surface area contributed by atoms with Crippen LogP contribution in [0.1, 0.15) is 28.2 Å². The summed E-state index contributed by atoms with van der Waals surface area (Å²) in [5.74, 6) is -0.0967. The van der Waals surface area contributed by atoms with Crippen molar-refractivity contribution in [2.75, 3.05) is 13.7 Å². The van der Waals surface area contributed by atoms with Gasteiger partial charge in [0.15, 0.2) is 0 Å². The lowest BCUT2D eigenvalue weighted by Crippen LogP contribution is -2.40. The van der Waals surface area contributed by atoms with Crippen LogP contribution in [0.5, 0.6) is 0 Å². The molecule has 100 valence electrons. The lowest BCUT2D eigenvalue weighted by molar-refractivity contribution is -0.122. The Morgan fingerprint density at radius 1 is 1.61 bits per heavy atom. The van der Waals surface area contributed by atoms with Crippen molar-refractivity contribution in [3.63, 3.8) is 0 Å². The van der Waals surface area contributed by atoms with E-state index in [0.717, 1.165) is 0 Å². The van der Waals surface area contributed by atoms with Crippen LogP contribution in [0.15, 0.2) is 6.07 Å². The first-order valence-electron chi connectivity index (χ1n) is 6.33. The van der Waals surface area contributed by atoms with Crippen molar-refractivity contribution in [1.29, 1.82) is 0 Å². The summed E-state index contributed by atoms with van der Waals surface area (Å²) >= 11 is 1.81. The van der Waals surface area contributed by atoms with Gasteiger partial charge in [0, 0.05) is 23.5 Å². The highest BCUT2D eigenvalue weighted by Crippen LogP contribution is 2.30. The third-order valence-corrected chi connectivity index (χ3v) is 4.44. The molecule has 1 aliphatic carbocycles. The number of nitrogens with two attached hydrogens (primary N) is 1. The van der Waals surface area contributed by atoms with E-state index in [0.29, 0.717) is 19.6 Å². The summed E-state index contributed by atoms with van der Waals surface area (Å²) in [7, 11) is 1.61. The Kier molecular flexibility index (Phi) is 4.74. The lowest BCUT2D eigenvalue weighted by Gasteiger charge is -2.10. The molecule has 0 saturated carbocycles. The Hall–Kier alpha value is -0.910. The van der Waals surface area contributed by atoms with Crippen molar-refractivity contribution in [1.82, 2.24) is 5.32 Å². The largest absolute Gasteiger partial charge is 0.385 e. The first kappa shape index (κ1) is 13.5. The molecule has 0 aliphatic heterocycles. The van der Waals surface area contributed by atoms with Gasteiger partial charge in [0.2, 0.25) is 5.91 Å². The molecule has 0 bridgehead atoms. The summed E-state index contributed by atoms with van der Waals surface area (Å²) < 4.78 is 4.91. The minimum Gasteiger partial charge on any atom is -0.385 e. The zero-order valence-corrected chi connectivity index (χ0v) is 11.5. The van der Waals surface area contributed by atoms with Gasteiger partial charge in [-0.25, -0.2) is 0 Å². The van der Waals surface area contributed by atoms with Gasteiger partial charge in [-0.3, -0.25) is 4.79 Å². The van der Waals surface area contributed by atoms with Crippen LogP contribution in [-0.4, -0.2) is 25.7 Å². The van der Waals surface area contributed by atoms with Gasteiger partial charge >= 0.3 is 0 Å². The second-order valence-electron chi connectivity index (χ2n) is 4.62. The quantitative estimate of drug-likeness (QED) is 0.815. The number of amides is 1. The third kappa shape index (κ3) is 3.31. The number of carbonyl (C=O) groups is 1. The lowest BCUT2D eigenvalue weighted by atomic mass is 10.2. The van der Waals surface area contributed by atoms with Crippen molar-refractivity contribution in [2.45, 2.75) is 38.3 Å². The molecule has 2 rings (SSSR count). The smallest absolute Gasteiger partial charge is 0.237 e. The van der Waals surface area contributed by atoms with E-state index in [-0.39, 0.29) is 5.91 Å². The van der Waals surface area contributed by atoms with Gasteiger partial charge in [0.1, 0.15) is 0 Å². The van der Waals surface area contributed by atoms with Crippen LogP contribution < -0.4 is 11.1 Å². The summed E-state index contributed by atoms with van der Waals surface area (Å²) in [6.45, 7) is 1.11. The minimum absolute atomic E-state index is 0.0967. The molecular weight excluding hydrogens is 248 g/mol. The highest BCUT2D eigenvalue weighted by atomic mass is 32.1. The van der Waals surface area contributed by atoms with Crippen LogP contribution in [0.2, 0.25) is 0 Å². The Labute approximate surface area is 112 Å². The highest BCUT2D eigenvalue weighted by molar-refractivity contribution is 7.12. The number of rotatable bonds is 6. The van der Waals surface area contributed by atoms with Gasteiger partial charge in [-0.2, -0.15) is 0 Å². The van der Waals surface area contributed by atoms with Crippen LogP contribution in [0.4, 0.5) is 0 Å². The maximum absolute atomic E-state index is 11.7. The number of hydrogen-bond donors (Lipinski definition) is 2. The van der Waals surface area contributed by atoms with Crippen molar-refractivity contribution in [2.24, 2.45) is 5.73 Å². The predicted octanol–water partition coefficient (Wildman–Crippen LogP) is 1.22. The zero-order chi connectivity index (χ0) is 13.0. The van der Waals surface area contributed by atoms with E-state index >= 15 is 0 Å². The van der Waals surface area contributed by atoms with Gasteiger partial charge in [-0.15, -0.1) is 11.3 Å². The Morgan fingerprint density at radius 3 is 3.17 bits per heavy atom. The fraction of sp³-hybridized carbons (Fsp3) is 0.615. The van der Waals surface area contributed by atoms with Gasteiger partial charge in [0.25, 0.3) is 0 Å². The fourth-order valence-corrected chi connectivity index (χ4v) is 3.36. The molecule has 18 heavy (non-hydrogen) atoms. The molecule has 1 aromatic rings. The van der Waals surface area contributed by atoms with Gasteiger partial charge in [-0.1, -0.05) is 0 Å². The molecule has 0 radical (unpaired) electrons. The van der Waals surface area contributed by atoms with E-state index in [4.69, 9.17) is 10.5 Å². The molecule has 0 saturated heterocycles. The van der Waals surface area contributed by atoms with Gasteiger partial charge in [-0.05, 0) is 37.3 Å². The molecule has 1 aromatic heterocycles. The number of thiophene rings is 1. The zero-order valence-electron chi connectivity index (χ0n) is 10.7. The molecule has 4 nitrogen and oxygen atoms in total. The van der Waals surface area contributed by atoms with Gasteiger partial charge in [0.05, 0.1) is 12.6 Å². The molecule has 5 heteroatoms. The van der Waals surface area contributed by atoms with Crippen molar-refractivity contribution in [3.05, 3.63) is 21.4 Å². The Bertz CT molecular complexity index is 396. The monoisotopic (exact) mass is 268 g/mol. The average molecular weight is 268 g/mol. The van der Waals surface area contributed by atoms with Gasteiger partial charge < -0.3 is 15.8 Å². The van der Waals surface area contributed by atoms with E-state index in [2.05, 4.69) is 11.4 Å². The highest BCUT2D eigenvalue weighted by Gasteiger charge is 2.16. The number of nitrogens with one attached hydrogen (secondary N) is 1. The predicted molar refractivity (Wildman–Crippen MR) is 72.7 cm³/mol. The molecule has 3 N–H and O–H groups in total.